The SMILES string of the molecule is CO[C@@H]1CC(S(=O)(=O)c2ccc(-c3cncnc3)cc2C(F)(F)F)C[C@H]1C(=O)NC1(C#N)CC1. The Labute approximate surface area is 194 Å². The van der Waals surface area contributed by atoms with Crippen LogP contribution < -0.4 is 5.32 Å². The summed E-state index contributed by atoms with van der Waals surface area (Å²) >= 11 is 0. The van der Waals surface area contributed by atoms with Gasteiger partial charge in [-0.3, -0.25) is 4.79 Å². The second-order valence-corrected chi connectivity index (χ2v) is 10.7. The molecule has 2 aromatic rings. The highest BCUT2D eigenvalue weighted by Gasteiger charge is 2.51. The number of carbonyl (C=O) groups is 1. The second kappa shape index (κ2) is 8.63. The topological polar surface area (TPSA) is 122 Å². The lowest BCUT2D eigenvalue weighted by molar-refractivity contribution is -0.139. The molecule has 2 saturated carbocycles. The van der Waals surface area contributed by atoms with Crippen molar-refractivity contribution >= 4 is 15.7 Å². The molecule has 0 radical (unpaired) electrons. The number of hydrogen-bond acceptors (Lipinski definition) is 7. The highest BCUT2D eigenvalue weighted by molar-refractivity contribution is 7.92. The predicted octanol–water partition coefficient (Wildman–Crippen LogP) is 2.90. The molecule has 0 aliphatic heterocycles. The third kappa shape index (κ3) is 4.50. The fraction of sp³-hybridized carbons (Fsp3) is 0.455. The molecule has 2 fully saturated rings. The van der Waals surface area contributed by atoms with Gasteiger partial charge in [0.1, 0.15) is 11.9 Å². The van der Waals surface area contributed by atoms with E-state index in [-0.39, 0.29) is 18.4 Å². The minimum atomic E-state index is -4.94. The van der Waals surface area contributed by atoms with Crippen molar-refractivity contribution in [2.75, 3.05) is 7.11 Å². The third-order valence-corrected chi connectivity index (χ3v) is 8.58. The van der Waals surface area contributed by atoms with Gasteiger partial charge in [-0.1, -0.05) is 6.07 Å². The highest BCUT2D eigenvalue weighted by atomic mass is 32.2. The number of benzene rings is 1. The van der Waals surface area contributed by atoms with Gasteiger partial charge in [-0.15, -0.1) is 0 Å². The first-order valence-electron chi connectivity index (χ1n) is 10.5. The Kier molecular flexibility index (Phi) is 6.12. The van der Waals surface area contributed by atoms with Crippen LogP contribution >= 0.6 is 0 Å². The van der Waals surface area contributed by atoms with E-state index in [1.54, 1.807) is 0 Å². The quantitative estimate of drug-likeness (QED) is 0.655. The van der Waals surface area contributed by atoms with Gasteiger partial charge in [0.05, 0.1) is 33.8 Å². The molecular formula is C22H21F3N4O4S. The van der Waals surface area contributed by atoms with E-state index in [0.29, 0.717) is 18.4 Å². The molecular weight excluding hydrogens is 473 g/mol. The smallest absolute Gasteiger partial charge is 0.381 e. The van der Waals surface area contributed by atoms with Crippen molar-refractivity contribution in [3.05, 3.63) is 42.5 Å². The van der Waals surface area contributed by atoms with Crippen LogP contribution in [0.5, 0.6) is 0 Å². The summed E-state index contributed by atoms with van der Waals surface area (Å²) < 4.78 is 73.8. The molecule has 2 aliphatic carbocycles. The maximum atomic E-state index is 13.9. The summed E-state index contributed by atoms with van der Waals surface area (Å²) in [6.45, 7) is 0. The summed E-state index contributed by atoms with van der Waals surface area (Å²) in [5.41, 5.74) is -1.82. The molecule has 0 saturated heterocycles. The number of halogens is 3. The molecule has 4 rings (SSSR count). The Morgan fingerprint density at radius 2 is 1.88 bits per heavy atom. The molecule has 1 unspecified atom stereocenters. The number of rotatable bonds is 6. The van der Waals surface area contributed by atoms with E-state index in [0.717, 1.165) is 12.1 Å². The number of amides is 1. The molecule has 0 bridgehead atoms. The summed E-state index contributed by atoms with van der Waals surface area (Å²) in [5.74, 6) is -1.43. The van der Waals surface area contributed by atoms with Crippen molar-refractivity contribution in [3.63, 3.8) is 0 Å². The van der Waals surface area contributed by atoms with Crippen molar-refractivity contribution in [2.45, 2.75) is 53.6 Å². The van der Waals surface area contributed by atoms with E-state index in [4.69, 9.17) is 4.74 Å². The van der Waals surface area contributed by atoms with Gasteiger partial charge in [0.25, 0.3) is 0 Å². The van der Waals surface area contributed by atoms with Gasteiger partial charge in [0, 0.05) is 25.1 Å². The number of aromatic nitrogens is 2. The molecule has 1 aromatic heterocycles. The van der Waals surface area contributed by atoms with Crippen LogP contribution in [0.25, 0.3) is 11.1 Å². The van der Waals surface area contributed by atoms with Gasteiger partial charge < -0.3 is 10.1 Å². The average Bonchev–Trinajstić information content (AvgIpc) is 3.44. The van der Waals surface area contributed by atoms with E-state index >= 15 is 0 Å². The van der Waals surface area contributed by atoms with Crippen LogP contribution in [0, 0.1) is 17.2 Å². The molecule has 12 heteroatoms. The monoisotopic (exact) mass is 494 g/mol. The maximum absolute atomic E-state index is 13.9. The molecule has 1 heterocycles. The van der Waals surface area contributed by atoms with Gasteiger partial charge in [0.2, 0.25) is 5.91 Å². The summed E-state index contributed by atoms with van der Waals surface area (Å²) in [7, 11) is -3.16. The van der Waals surface area contributed by atoms with Gasteiger partial charge in [-0.2, -0.15) is 18.4 Å². The van der Waals surface area contributed by atoms with Gasteiger partial charge in [-0.05, 0) is 43.4 Å². The first-order valence-corrected chi connectivity index (χ1v) is 12.0. The number of methoxy groups -OCH3 is 1. The van der Waals surface area contributed by atoms with Crippen LogP contribution in [0.2, 0.25) is 0 Å². The largest absolute Gasteiger partial charge is 0.417 e. The molecule has 2 aliphatic rings. The summed E-state index contributed by atoms with van der Waals surface area (Å²) in [6, 6.07) is 5.00. The van der Waals surface area contributed by atoms with E-state index < -0.39 is 55.2 Å². The second-order valence-electron chi connectivity index (χ2n) is 8.54. The van der Waals surface area contributed by atoms with Crippen molar-refractivity contribution in [3.8, 4) is 17.2 Å². The number of nitrogens with one attached hydrogen (secondary N) is 1. The fourth-order valence-electron chi connectivity index (χ4n) is 4.27. The number of nitrogens with zero attached hydrogens (tertiary/aromatic N) is 3. The highest BCUT2D eigenvalue weighted by Crippen LogP contribution is 2.42. The van der Waals surface area contributed by atoms with E-state index in [2.05, 4.69) is 15.3 Å². The first kappa shape index (κ1) is 24.1. The summed E-state index contributed by atoms with van der Waals surface area (Å²) in [4.78, 5) is 19.5. The Morgan fingerprint density at radius 3 is 2.44 bits per heavy atom. The predicted molar refractivity (Wildman–Crippen MR) is 113 cm³/mol. The van der Waals surface area contributed by atoms with Crippen LogP contribution in [-0.2, 0) is 25.5 Å². The molecule has 0 spiro atoms. The van der Waals surface area contributed by atoms with Crippen LogP contribution in [0.1, 0.15) is 31.2 Å². The Hall–Kier alpha value is -3.04. The van der Waals surface area contributed by atoms with Crippen LogP contribution in [0.4, 0.5) is 13.2 Å². The fourth-order valence-corrected chi connectivity index (χ4v) is 6.27. The molecule has 1 N–H and O–H groups in total. The lowest BCUT2D eigenvalue weighted by Crippen LogP contribution is -2.42. The van der Waals surface area contributed by atoms with E-state index in [9.17, 15) is 31.6 Å². The molecule has 8 nitrogen and oxygen atoms in total. The standard InChI is InChI=1S/C22H21F3N4O4S/c1-33-18-8-15(7-16(18)20(30)29-21(11-26)4-5-21)34(31,32)19-3-2-13(6-17(19)22(23,24)25)14-9-27-12-28-10-14/h2-3,6,9-10,12,15-16,18H,4-5,7-8H2,1H3,(H,29,30)/t15?,16-,18-/m1/s1. The van der Waals surface area contributed by atoms with Crippen LogP contribution in [-0.4, -0.2) is 48.3 Å². The molecule has 34 heavy (non-hydrogen) atoms. The number of nitriles is 1. The van der Waals surface area contributed by atoms with Crippen molar-refractivity contribution in [1.82, 2.24) is 15.3 Å². The number of hydrogen-bond donors (Lipinski definition) is 1. The number of alkyl halides is 3. The minimum Gasteiger partial charge on any atom is -0.381 e. The zero-order valence-electron chi connectivity index (χ0n) is 18.0. The number of sulfone groups is 1. The Bertz CT molecular complexity index is 1240. The lowest BCUT2D eigenvalue weighted by Gasteiger charge is -2.19. The number of ether oxygens (including phenoxy) is 1. The maximum Gasteiger partial charge on any atom is 0.417 e. The van der Waals surface area contributed by atoms with Crippen molar-refractivity contribution in [1.29, 1.82) is 5.26 Å². The average molecular weight is 494 g/mol. The first-order chi connectivity index (χ1) is 16.0. The normalized spacial score (nSPS) is 23.8. The zero-order valence-corrected chi connectivity index (χ0v) is 18.9. The molecule has 3 atom stereocenters. The summed E-state index contributed by atoms with van der Waals surface area (Å²) in [6.07, 6.45) is -1.21. The Morgan fingerprint density at radius 1 is 1.21 bits per heavy atom. The van der Waals surface area contributed by atoms with E-state index in [1.807, 2.05) is 6.07 Å². The Balaban J connectivity index is 1.66. The van der Waals surface area contributed by atoms with Gasteiger partial charge >= 0.3 is 6.18 Å². The van der Waals surface area contributed by atoms with Crippen LogP contribution in [0.3, 0.4) is 0 Å². The zero-order chi connectivity index (χ0) is 24.7. The van der Waals surface area contributed by atoms with Crippen LogP contribution in [0.15, 0.2) is 41.8 Å². The third-order valence-electron chi connectivity index (χ3n) is 6.35. The minimum absolute atomic E-state index is 0.122. The van der Waals surface area contributed by atoms with Gasteiger partial charge in [-0.25, -0.2) is 18.4 Å². The van der Waals surface area contributed by atoms with Crippen molar-refractivity contribution in [2.24, 2.45) is 5.92 Å². The van der Waals surface area contributed by atoms with E-state index in [1.165, 1.54) is 31.9 Å². The van der Waals surface area contributed by atoms with Crippen molar-refractivity contribution < 1.29 is 31.1 Å². The molecule has 1 amide bonds. The number of carbonyl (C=O) groups excluding carboxylic acids is 1. The van der Waals surface area contributed by atoms with Gasteiger partial charge in [0.15, 0.2) is 9.84 Å². The molecule has 1 aromatic carbocycles. The summed E-state index contributed by atoms with van der Waals surface area (Å²) in [5, 5.41) is 10.6. The lowest BCUT2D eigenvalue weighted by atomic mass is 10.0. The molecule has 180 valence electrons.